The molecule has 0 radical (unpaired) electrons. The van der Waals surface area contributed by atoms with Crippen molar-refractivity contribution in [1.82, 2.24) is 10.6 Å². The molecule has 41 heavy (non-hydrogen) atoms. The van der Waals surface area contributed by atoms with E-state index in [9.17, 15) is 35.4 Å². The second-order valence-corrected chi connectivity index (χ2v) is 10.9. The second kappa shape index (κ2) is 15.6. The van der Waals surface area contributed by atoms with Crippen LogP contribution in [0.25, 0.3) is 0 Å². The summed E-state index contributed by atoms with van der Waals surface area (Å²) in [5.41, 5.74) is 23.9. The smallest absolute Gasteiger partial charge is 0.249 e. The molecule has 3 rings (SSSR count). The van der Waals surface area contributed by atoms with E-state index < -0.39 is 104 Å². The van der Waals surface area contributed by atoms with Gasteiger partial charge in [-0.25, -0.2) is 0 Å². The van der Waals surface area contributed by atoms with E-state index in [-0.39, 0.29) is 25.8 Å². The Kier molecular flexibility index (Phi) is 13.0. The van der Waals surface area contributed by atoms with Crippen molar-refractivity contribution in [3.05, 3.63) is 0 Å². The number of nitrogens with one attached hydrogen (secondary N) is 2. The molecule has 2 heterocycles. The van der Waals surface area contributed by atoms with Gasteiger partial charge in [0.2, 0.25) is 5.91 Å². The molecule has 0 aromatic heterocycles. The number of hydrogen-bond donors (Lipinski definition) is 12. The van der Waals surface area contributed by atoms with Crippen LogP contribution in [-0.2, 0) is 23.7 Å². The van der Waals surface area contributed by atoms with Crippen LogP contribution >= 0.6 is 0 Å². The largest absolute Gasteiger partial charge is 0.394 e. The van der Waals surface area contributed by atoms with E-state index in [4.69, 9.17) is 41.9 Å². The number of hydrogen-bond acceptors (Lipinski definition) is 16. The molecule has 0 aromatic carbocycles. The molecule has 1 saturated carbocycles. The average Bonchev–Trinajstić information content (AvgIpc) is 2.93. The van der Waals surface area contributed by atoms with Gasteiger partial charge in [-0.3, -0.25) is 4.79 Å². The molecule has 3 aliphatic rings. The van der Waals surface area contributed by atoms with Crippen LogP contribution in [0.15, 0.2) is 0 Å². The molecule has 2 aliphatic heterocycles. The van der Waals surface area contributed by atoms with Crippen molar-refractivity contribution in [2.75, 3.05) is 26.2 Å². The molecule has 2 saturated heterocycles. The quantitative estimate of drug-likeness (QED) is 0.0996. The second-order valence-electron chi connectivity index (χ2n) is 10.9. The van der Waals surface area contributed by atoms with Crippen molar-refractivity contribution in [3.63, 3.8) is 0 Å². The lowest BCUT2D eigenvalue weighted by Gasteiger charge is -2.48. The van der Waals surface area contributed by atoms with Crippen LogP contribution < -0.4 is 33.6 Å². The lowest BCUT2D eigenvalue weighted by molar-refractivity contribution is -0.316. The average molecular weight is 597 g/mol. The van der Waals surface area contributed by atoms with Crippen LogP contribution in [0, 0.1) is 0 Å². The molecule has 240 valence electrons. The molecule has 17 heteroatoms. The van der Waals surface area contributed by atoms with Crippen LogP contribution in [0.3, 0.4) is 0 Å². The van der Waals surface area contributed by atoms with Gasteiger partial charge in [0.25, 0.3) is 0 Å². The summed E-state index contributed by atoms with van der Waals surface area (Å²) in [6.45, 7) is 2.31. The fraction of sp³-hybridized carbons (Fsp3) is 0.958. The molecule has 1 aliphatic carbocycles. The summed E-state index contributed by atoms with van der Waals surface area (Å²) in [4.78, 5) is 12.6. The van der Waals surface area contributed by atoms with Crippen LogP contribution in [-0.4, -0.2) is 154 Å². The van der Waals surface area contributed by atoms with Gasteiger partial charge in [-0.1, -0.05) is 6.92 Å². The summed E-state index contributed by atoms with van der Waals surface area (Å²) in [6.07, 6.45) is -13.6. The highest BCUT2D eigenvalue weighted by atomic mass is 16.7. The minimum absolute atomic E-state index is 0.0141. The maximum absolute atomic E-state index is 12.6. The van der Waals surface area contributed by atoms with Gasteiger partial charge in [0.1, 0.15) is 42.7 Å². The maximum Gasteiger partial charge on any atom is 0.249 e. The Morgan fingerprint density at radius 3 is 2.24 bits per heavy atom. The number of ether oxygens (including phenoxy) is 4. The van der Waals surface area contributed by atoms with Crippen molar-refractivity contribution in [2.24, 2.45) is 22.9 Å². The Morgan fingerprint density at radius 1 is 0.951 bits per heavy atom. The van der Waals surface area contributed by atoms with E-state index in [0.717, 1.165) is 0 Å². The molecule has 1 unspecified atom stereocenters. The summed E-state index contributed by atoms with van der Waals surface area (Å²) < 4.78 is 23.4. The third kappa shape index (κ3) is 8.28. The van der Waals surface area contributed by atoms with Crippen molar-refractivity contribution in [2.45, 2.75) is 118 Å². The summed E-state index contributed by atoms with van der Waals surface area (Å²) >= 11 is 0. The first-order valence-electron chi connectivity index (χ1n) is 14.0. The van der Waals surface area contributed by atoms with Gasteiger partial charge in [-0.2, -0.15) is 0 Å². The van der Waals surface area contributed by atoms with Crippen LogP contribution in [0.2, 0.25) is 0 Å². The number of rotatable bonds is 12. The summed E-state index contributed by atoms with van der Waals surface area (Å²) in [6, 6.07) is -3.90. The minimum Gasteiger partial charge on any atom is -0.394 e. The molecule has 15 atom stereocenters. The highest BCUT2D eigenvalue weighted by molar-refractivity contribution is 5.80. The Bertz CT molecular complexity index is 818. The Balaban J connectivity index is 1.82. The van der Waals surface area contributed by atoms with E-state index in [1.165, 1.54) is 0 Å². The highest BCUT2D eigenvalue weighted by Crippen LogP contribution is 2.31. The lowest BCUT2D eigenvalue weighted by atomic mass is 9.83. The minimum atomic E-state index is -1.57. The SMILES string of the molecule is CCNC[C@H]1O[C@H](OC2[C@@H](N)C[C@@H](NC(=O)[C@@H](O)CCN)[C@H](O[C@H]3O[C@H](CO)[C@@H](O)[C@H](N)[C@H]3O)[C@H]2O)[C@H](N)C[C@@H]1O. The van der Waals surface area contributed by atoms with Crippen molar-refractivity contribution >= 4 is 5.91 Å². The summed E-state index contributed by atoms with van der Waals surface area (Å²) in [5, 5.41) is 68.1. The monoisotopic (exact) mass is 596 g/mol. The predicted molar refractivity (Wildman–Crippen MR) is 141 cm³/mol. The number of amides is 1. The van der Waals surface area contributed by atoms with E-state index in [2.05, 4.69) is 10.6 Å². The van der Waals surface area contributed by atoms with Crippen LogP contribution in [0.5, 0.6) is 0 Å². The van der Waals surface area contributed by atoms with Gasteiger partial charge >= 0.3 is 0 Å². The molecule has 16 N–H and O–H groups in total. The Morgan fingerprint density at radius 2 is 1.61 bits per heavy atom. The van der Waals surface area contributed by atoms with Gasteiger partial charge in [0.05, 0.1) is 36.9 Å². The van der Waals surface area contributed by atoms with Gasteiger partial charge in [0, 0.05) is 12.6 Å². The molecule has 0 bridgehead atoms. The van der Waals surface area contributed by atoms with Crippen LogP contribution in [0.1, 0.15) is 26.2 Å². The zero-order valence-corrected chi connectivity index (χ0v) is 23.1. The van der Waals surface area contributed by atoms with Gasteiger partial charge in [-0.15, -0.1) is 0 Å². The third-order valence-electron chi connectivity index (χ3n) is 7.80. The summed E-state index contributed by atoms with van der Waals surface area (Å²) in [7, 11) is 0. The number of aliphatic hydroxyl groups excluding tert-OH is 6. The maximum atomic E-state index is 12.6. The van der Waals surface area contributed by atoms with Crippen molar-refractivity contribution in [3.8, 4) is 0 Å². The molecule has 17 nitrogen and oxygen atoms in total. The van der Waals surface area contributed by atoms with Crippen molar-refractivity contribution < 1.29 is 54.4 Å². The van der Waals surface area contributed by atoms with E-state index in [0.29, 0.717) is 13.1 Å². The van der Waals surface area contributed by atoms with Gasteiger partial charge in [-0.05, 0) is 32.4 Å². The molecular formula is C24H48N6O11. The topological polar surface area (TPSA) is 304 Å². The first-order valence-corrected chi connectivity index (χ1v) is 14.0. The van der Waals surface area contributed by atoms with Gasteiger partial charge < -0.3 is 83.2 Å². The number of aliphatic hydroxyl groups is 6. The first-order chi connectivity index (χ1) is 19.4. The fourth-order valence-electron chi connectivity index (χ4n) is 5.35. The van der Waals surface area contributed by atoms with E-state index in [1.54, 1.807) is 0 Å². The third-order valence-corrected chi connectivity index (χ3v) is 7.80. The number of carbonyl (C=O) groups is 1. The van der Waals surface area contributed by atoms with Crippen LogP contribution in [0.4, 0.5) is 0 Å². The zero-order valence-electron chi connectivity index (χ0n) is 23.1. The molecule has 0 aromatic rings. The molecular weight excluding hydrogens is 548 g/mol. The standard InChI is InChI=1S/C24H48N6O11/c1-2-29-7-14-13(33)6-10(27)23(38-14)40-20-9(26)5-11(30-22(37)12(32)3-4-25)21(19(20)36)41-24-18(35)16(28)17(34)15(8-31)39-24/h9-21,23-24,29,31-36H,2-8,25-28H2,1H3,(H,30,37)/t9-,10+,11+,12-,13-,14+,15+,16-,17+,18+,19-,20?,21-,23+,24+/m0/s1. The Hall–Kier alpha value is -1.13. The normalized spacial score (nSPS) is 44.4. The number of carbonyl (C=O) groups excluding carboxylic acids is 1. The van der Waals surface area contributed by atoms with Crippen molar-refractivity contribution in [1.29, 1.82) is 0 Å². The fourth-order valence-corrected chi connectivity index (χ4v) is 5.35. The summed E-state index contributed by atoms with van der Waals surface area (Å²) in [5.74, 6) is -0.781. The first kappa shape index (κ1) is 34.4. The predicted octanol–water partition coefficient (Wildman–Crippen LogP) is -6.78. The zero-order chi connectivity index (χ0) is 30.4. The number of nitrogens with two attached hydrogens (primary N) is 4. The highest BCUT2D eigenvalue weighted by Gasteiger charge is 2.51. The molecule has 1 amide bonds. The lowest BCUT2D eigenvalue weighted by Crippen LogP contribution is -2.69. The van der Waals surface area contributed by atoms with Gasteiger partial charge in [0.15, 0.2) is 12.6 Å². The molecule has 3 fully saturated rings. The molecule has 0 spiro atoms. The number of likely N-dealkylation sites (N-methyl/N-ethyl adjacent to an activating group) is 1. The van der Waals surface area contributed by atoms with E-state index >= 15 is 0 Å². The Labute approximate surface area is 238 Å². The van der Waals surface area contributed by atoms with E-state index in [1.807, 2.05) is 6.92 Å².